The van der Waals surface area contributed by atoms with Crippen LogP contribution in [0.4, 0.5) is 0 Å². The molecule has 5 nitrogen and oxygen atoms in total. The maximum absolute atomic E-state index is 12.5. The average Bonchev–Trinajstić information content (AvgIpc) is 2.73. The lowest BCUT2D eigenvalue weighted by molar-refractivity contribution is 0.0432. The molecule has 1 atom stereocenters. The van der Waals surface area contributed by atoms with E-state index in [9.17, 15) is 9.59 Å². The van der Waals surface area contributed by atoms with Gasteiger partial charge < -0.3 is 14.2 Å². The first-order valence-electron chi connectivity index (χ1n) is 7.69. The highest BCUT2D eigenvalue weighted by molar-refractivity contribution is 5.94. The van der Waals surface area contributed by atoms with Gasteiger partial charge >= 0.3 is 0 Å². The number of nitrogens with zero attached hydrogens (tertiary/aromatic N) is 2. The molecule has 5 heteroatoms. The van der Waals surface area contributed by atoms with Gasteiger partial charge in [-0.15, -0.1) is 0 Å². The van der Waals surface area contributed by atoms with Crippen LogP contribution < -0.4 is 5.56 Å². The Balaban J connectivity index is 1.99. The van der Waals surface area contributed by atoms with Crippen molar-refractivity contribution in [3.63, 3.8) is 0 Å². The molecule has 1 saturated heterocycles. The second-order valence-electron chi connectivity index (χ2n) is 5.58. The molecule has 1 fully saturated rings. The largest absolute Gasteiger partial charge is 0.378 e. The molecule has 0 aliphatic carbocycles. The van der Waals surface area contributed by atoms with Crippen molar-refractivity contribution in [3.05, 3.63) is 34.2 Å². The van der Waals surface area contributed by atoms with E-state index in [-0.39, 0.29) is 17.6 Å². The molecule has 0 saturated carbocycles. The average molecular weight is 292 g/mol. The third kappa shape index (κ3) is 4.17. The molecule has 0 aromatic carbocycles. The highest BCUT2D eigenvalue weighted by Crippen LogP contribution is 2.16. The number of carbonyl (C=O) groups is 1. The normalized spacial score (nSPS) is 19.3. The van der Waals surface area contributed by atoms with Gasteiger partial charge in [0.05, 0.1) is 6.10 Å². The van der Waals surface area contributed by atoms with Gasteiger partial charge in [0, 0.05) is 44.6 Å². The zero-order valence-electron chi connectivity index (χ0n) is 12.9. The summed E-state index contributed by atoms with van der Waals surface area (Å²) in [5.74, 6) is -0.0520. The zero-order valence-corrected chi connectivity index (χ0v) is 12.9. The van der Waals surface area contributed by atoms with Crippen LogP contribution in [-0.4, -0.2) is 41.2 Å². The van der Waals surface area contributed by atoms with E-state index in [1.165, 1.54) is 10.6 Å². The van der Waals surface area contributed by atoms with Crippen molar-refractivity contribution in [2.75, 3.05) is 19.7 Å². The van der Waals surface area contributed by atoms with E-state index in [2.05, 4.69) is 6.92 Å². The number of ether oxygens (including phenoxy) is 1. The van der Waals surface area contributed by atoms with E-state index >= 15 is 0 Å². The second kappa shape index (κ2) is 7.41. The Labute approximate surface area is 125 Å². The molecule has 116 valence electrons. The van der Waals surface area contributed by atoms with Gasteiger partial charge in [-0.3, -0.25) is 9.59 Å². The molecular weight excluding hydrogens is 268 g/mol. The van der Waals surface area contributed by atoms with Crippen molar-refractivity contribution >= 4 is 5.91 Å². The maximum Gasteiger partial charge on any atom is 0.254 e. The summed E-state index contributed by atoms with van der Waals surface area (Å²) in [6.07, 6.45) is 5.74. The fraction of sp³-hybridized carbons (Fsp3) is 0.625. The Kier molecular flexibility index (Phi) is 5.56. The Morgan fingerprint density at radius 2 is 2.19 bits per heavy atom. The van der Waals surface area contributed by atoms with Gasteiger partial charge in [0.25, 0.3) is 11.5 Å². The topological polar surface area (TPSA) is 51.5 Å². The predicted octanol–water partition coefficient (Wildman–Crippen LogP) is 1.81. The van der Waals surface area contributed by atoms with Crippen LogP contribution in [0, 0.1) is 0 Å². The Hall–Kier alpha value is -1.62. The molecule has 0 N–H and O–H groups in total. The molecule has 1 aromatic rings. The van der Waals surface area contributed by atoms with E-state index in [0.717, 1.165) is 38.8 Å². The number of hydrogen-bond acceptors (Lipinski definition) is 3. The van der Waals surface area contributed by atoms with E-state index in [4.69, 9.17) is 4.74 Å². The van der Waals surface area contributed by atoms with Gasteiger partial charge in [-0.05, 0) is 31.7 Å². The quantitative estimate of drug-likeness (QED) is 0.850. The van der Waals surface area contributed by atoms with Gasteiger partial charge in [-0.2, -0.15) is 0 Å². The molecule has 1 unspecified atom stereocenters. The molecule has 2 heterocycles. The maximum atomic E-state index is 12.5. The molecule has 1 aliphatic rings. The summed E-state index contributed by atoms with van der Waals surface area (Å²) in [5.41, 5.74) is 0.325. The van der Waals surface area contributed by atoms with Crippen LogP contribution in [0.2, 0.25) is 0 Å². The van der Waals surface area contributed by atoms with Gasteiger partial charge in [-0.1, -0.05) is 6.92 Å². The summed E-state index contributed by atoms with van der Waals surface area (Å²) in [6, 6.07) is 3.12. The lowest BCUT2D eigenvalue weighted by atomic mass is 10.1. The standard InChI is InChI=1S/C16H24N2O3/c1-3-11-21-14-5-4-8-18(10-7-14)16(20)13-6-9-17(2)15(19)12-13/h6,9,12,14H,3-5,7-8,10-11H2,1-2H3. The van der Waals surface area contributed by atoms with Crippen molar-refractivity contribution in [1.29, 1.82) is 0 Å². The summed E-state index contributed by atoms with van der Waals surface area (Å²) < 4.78 is 7.26. The van der Waals surface area contributed by atoms with Crippen molar-refractivity contribution in [2.24, 2.45) is 7.05 Å². The van der Waals surface area contributed by atoms with E-state index < -0.39 is 0 Å². The summed E-state index contributed by atoms with van der Waals surface area (Å²) in [4.78, 5) is 25.9. The van der Waals surface area contributed by atoms with Crippen LogP contribution in [0.25, 0.3) is 0 Å². The number of hydrogen-bond donors (Lipinski definition) is 0. The first kappa shape index (κ1) is 15.8. The number of rotatable bonds is 4. The number of aromatic nitrogens is 1. The Bertz CT molecular complexity index is 539. The Morgan fingerprint density at radius 1 is 1.38 bits per heavy atom. The van der Waals surface area contributed by atoms with Crippen LogP contribution in [0.3, 0.4) is 0 Å². The minimum atomic E-state index is -0.153. The fourth-order valence-electron chi connectivity index (χ4n) is 2.58. The van der Waals surface area contributed by atoms with Crippen LogP contribution >= 0.6 is 0 Å². The van der Waals surface area contributed by atoms with E-state index in [1.54, 1.807) is 19.3 Å². The summed E-state index contributed by atoms with van der Waals surface area (Å²) in [5, 5.41) is 0. The van der Waals surface area contributed by atoms with Crippen LogP contribution in [0.5, 0.6) is 0 Å². The van der Waals surface area contributed by atoms with Gasteiger partial charge in [0.2, 0.25) is 0 Å². The van der Waals surface area contributed by atoms with Crippen molar-refractivity contribution < 1.29 is 9.53 Å². The summed E-state index contributed by atoms with van der Waals surface area (Å²) in [7, 11) is 1.68. The lowest BCUT2D eigenvalue weighted by Crippen LogP contribution is -2.33. The van der Waals surface area contributed by atoms with Gasteiger partial charge in [0.1, 0.15) is 0 Å². The molecule has 0 spiro atoms. The number of aryl methyl sites for hydroxylation is 1. The van der Waals surface area contributed by atoms with Gasteiger partial charge in [0.15, 0.2) is 0 Å². The molecule has 1 aromatic heterocycles. The van der Waals surface area contributed by atoms with Crippen LogP contribution in [0.1, 0.15) is 43.0 Å². The number of pyridine rings is 1. The van der Waals surface area contributed by atoms with Crippen molar-refractivity contribution in [1.82, 2.24) is 9.47 Å². The molecule has 21 heavy (non-hydrogen) atoms. The highest BCUT2D eigenvalue weighted by Gasteiger charge is 2.22. The van der Waals surface area contributed by atoms with E-state index in [0.29, 0.717) is 12.1 Å². The third-order valence-corrected chi connectivity index (χ3v) is 3.87. The lowest BCUT2D eigenvalue weighted by Gasteiger charge is -2.20. The summed E-state index contributed by atoms with van der Waals surface area (Å²) in [6.45, 7) is 4.32. The minimum Gasteiger partial charge on any atom is -0.378 e. The predicted molar refractivity (Wildman–Crippen MR) is 81.5 cm³/mol. The second-order valence-corrected chi connectivity index (χ2v) is 5.58. The van der Waals surface area contributed by atoms with Crippen LogP contribution in [-0.2, 0) is 11.8 Å². The van der Waals surface area contributed by atoms with Crippen LogP contribution in [0.15, 0.2) is 23.1 Å². The van der Waals surface area contributed by atoms with E-state index in [1.807, 2.05) is 4.90 Å². The SMILES string of the molecule is CCCOC1CCCN(C(=O)c2ccn(C)c(=O)c2)CC1. The zero-order chi connectivity index (χ0) is 15.2. The molecule has 1 aliphatic heterocycles. The molecular formula is C16H24N2O3. The molecule has 1 amide bonds. The molecule has 2 rings (SSSR count). The first-order valence-corrected chi connectivity index (χ1v) is 7.69. The van der Waals surface area contributed by atoms with Gasteiger partial charge in [-0.25, -0.2) is 0 Å². The number of likely N-dealkylation sites (tertiary alicyclic amines) is 1. The monoisotopic (exact) mass is 292 g/mol. The number of amides is 1. The highest BCUT2D eigenvalue weighted by atomic mass is 16.5. The van der Waals surface area contributed by atoms with Crippen molar-refractivity contribution in [3.8, 4) is 0 Å². The molecule has 0 radical (unpaired) electrons. The molecule has 0 bridgehead atoms. The summed E-state index contributed by atoms with van der Waals surface area (Å²) >= 11 is 0. The third-order valence-electron chi connectivity index (χ3n) is 3.87. The minimum absolute atomic E-state index is 0.0520. The smallest absolute Gasteiger partial charge is 0.254 e. The fourth-order valence-corrected chi connectivity index (χ4v) is 2.58. The Morgan fingerprint density at radius 3 is 2.90 bits per heavy atom. The first-order chi connectivity index (χ1) is 10.1. The number of carbonyl (C=O) groups excluding carboxylic acids is 1. The van der Waals surface area contributed by atoms with Crippen molar-refractivity contribution in [2.45, 2.75) is 38.7 Å².